The number of nitrogens with one attached hydrogen (secondary N) is 1. The van der Waals surface area contributed by atoms with Crippen LogP contribution in [0, 0.1) is 0 Å². The summed E-state index contributed by atoms with van der Waals surface area (Å²) in [5.41, 5.74) is 0.975. The summed E-state index contributed by atoms with van der Waals surface area (Å²) >= 11 is 0. The maximum absolute atomic E-state index is 11.9. The van der Waals surface area contributed by atoms with Gasteiger partial charge in [-0.25, -0.2) is 4.79 Å². The summed E-state index contributed by atoms with van der Waals surface area (Å²) in [6.45, 7) is 3.33. The van der Waals surface area contributed by atoms with Gasteiger partial charge in [0.2, 0.25) is 5.91 Å². The molecule has 7 nitrogen and oxygen atoms in total. The molecule has 1 fully saturated rings. The second-order valence-corrected chi connectivity index (χ2v) is 6.65. The molecule has 144 valence electrons. The first-order chi connectivity index (χ1) is 13.1. The fourth-order valence-electron chi connectivity index (χ4n) is 3.23. The van der Waals surface area contributed by atoms with E-state index in [9.17, 15) is 14.4 Å². The van der Waals surface area contributed by atoms with Crippen LogP contribution in [0.2, 0.25) is 0 Å². The van der Waals surface area contributed by atoms with E-state index in [1.54, 1.807) is 17.0 Å². The molecule has 0 aliphatic carbocycles. The molecule has 2 heterocycles. The highest BCUT2D eigenvalue weighted by Gasteiger charge is 2.18. The average molecular weight is 372 g/mol. The minimum Gasteiger partial charge on any atom is -0.484 e. The molecule has 0 atom stereocenters. The van der Waals surface area contributed by atoms with Crippen molar-refractivity contribution in [3.05, 3.63) is 40.2 Å². The predicted octanol–water partition coefficient (Wildman–Crippen LogP) is 1.86. The largest absolute Gasteiger partial charge is 0.484 e. The van der Waals surface area contributed by atoms with Crippen molar-refractivity contribution in [2.75, 3.05) is 26.2 Å². The van der Waals surface area contributed by atoms with Gasteiger partial charge in [-0.15, -0.1) is 0 Å². The van der Waals surface area contributed by atoms with Gasteiger partial charge in [0.1, 0.15) is 11.3 Å². The number of benzene rings is 1. The van der Waals surface area contributed by atoms with Crippen LogP contribution in [0.15, 0.2) is 33.5 Å². The highest BCUT2D eigenvalue weighted by molar-refractivity contribution is 5.85. The van der Waals surface area contributed by atoms with Crippen molar-refractivity contribution >= 4 is 22.8 Å². The van der Waals surface area contributed by atoms with Crippen LogP contribution in [-0.4, -0.2) is 43.0 Å². The number of nitrogens with zero attached hydrogens (tertiary/aromatic N) is 1. The van der Waals surface area contributed by atoms with Gasteiger partial charge in [0, 0.05) is 30.6 Å². The Labute approximate surface area is 157 Å². The fourth-order valence-corrected chi connectivity index (χ4v) is 3.23. The van der Waals surface area contributed by atoms with Crippen molar-refractivity contribution in [3.63, 3.8) is 0 Å². The van der Waals surface area contributed by atoms with Crippen molar-refractivity contribution in [1.82, 2.24) is 10.2 Å². The Balaban J connectivity index is 1.57. The first kappa shape index (κ1) is 18.9. The number of rotatable bonds is 7. The van der Waals surface area contributed by atoms with E-state index in [4.69, 9.17) is 9.15 Å². The van der Waals surface area contributed by atoms with Gasteiger partial charge in [0.15, 0.2) is 6.61 Å². The summed E-state index contributed by atoms with van der Waals surface area (Å²) in [4.78, 5) is 37.3. The van der Waals surface area contributed by atoms with Crippen LogP contribution in [0.3, 0.4) is 0 Å². The van der Waals surface area contributed by atoms with Gasteiger partial charge in [0.25, 0.3) is 5.91 Å². The molecule has 1 saturated heterocycles. The van der Waals surface area contributed by atoms with Gasteiger partial charge < -0.3 is 19.4 Å². The second-order valence-electron chi connectivity index (χ2n) is 6.65. The van der Waals surface area contributed by atoms with E-state index in [1.807, 2.05) is 13.0 Å². The standard InChI is InChI=1S/C20H24N2O5/c1-2-5-14-10-20(25)27-17-11-15(6-7-16(14)17)26-13-18(23)21-12-19(24)22-8-3-4-9-22/h6-7,10-11H,2-5,8-9,12-13H2,1H3,(H,21,23). The highest BCUT2D eigenvalue weighted by Crippen LogP contribution is 2.23. The molecule has 2 amide bonds. The maximum atomic E-state index is 11.9. The lowest BCUT2D eigenvalue weighted by Gasteiger charge is -2.15. The van der Waals surface area contributed by atoms with Gasteiger partial charge in [-0.05, 0) is 37.0 Å². The second kappa shape index (κ2) is 8.70. The molecule has 3 rings (SSSR count). The minimum atomic E-state index is -0.402. The van der Waals surface area contributed by atoms with E-state index in [-0.39, 0.29) is 25.0 Å². The summed E-state index contributed by atoms with van der Waals surface area (Å²) in [5, 5.41) is 3.44. The number of carbonyl (C=O) groups excluding carboxylic acids is 2. The molecule has 1 N–H and O–H groups in total. The van der Waals surface area contributed by atoms with E-state index in [1.165, 1.54) is 6.07 Å². The summed E-state index contributed by atoms with van der Waals surface area (Å²) in [5.74, 6) is -0.0130. The smallest absolute Gasteiger partial charge is 0.336 e. The zero-order chi connectivity index (χ0) is 19.2. The van der Waals surface area contributed by atoms with Gasteiger partial charge in [-0.1, -0.05) is 13.3 Å². The van der Waals surface area contributed by atoms with Gasteiger partial charge in [-0.3, -0.25) is 9.59 Å². The van der Waals surface area contributed by atoms with E-state index in [2.05, 4.69) is 5.32 Å². The lowest BCUT2D eigenvalue weighted by molar-refractivity contribution is -0.132. The van der Waals surface area contributed by atoms with Gasteiger partial charge in [0.05, 0.1) is 6.54 Å². The molecule has 7 heteroatoms. The lowest BCUT2D eigenvalue weighted by atomic mass is 10.1. The lowest BCUT2D eigenvalue weighted by Crippen LogP contribution is -2.40. The minimum absolute atomic E-state index is 0.0187. The third-order valence-corrected chi connectivity index (χ3v) is 4.59. The normalized spacial score (nSPS) is 13.7. The summed E-state index contributed by atoms with van der Waals surface area (Å²) in [7, 11) is 0. The Morgan fingerprint density at radius 1 is 1.22 bits per heavy atom. The summed E-state index contributed by atoms with van der Waals surface area (Å²) in [6.07, 6.45) is 3.74. The number of likely N-dealkylation sites (tertiary alicyclic amines) is 1. The van der Waals surface area contributed by atoms with Crippen molar-refractivity contribution < 1.29 is 18.7 Å². The molecule has 1 aromatic carbocycles. The molecule has 0 saturated carbocycles. The van der Waals surface area contributed by atoms with Gasteiger partial charge in [-0.2, -0.15) is 0 Å². The van der Waals surface area contributed by atoms with Crippen LogP contribution in [0.1, 0.15) is 31.7 Å². The van der Waals surface area contributed by atoms with E-state index in [0.717, 1.165) is 49.7 Å². The van der Waals surface area contributed by atoms with Crippen LogP contribution < -0.4 is 15.7 Å². The quantitative estimate of drug-likeness (QED) is 0.750. The van der Waals surface area contributed by atoms with Gasteiger partial charge >= 0.3 is 5.63 Å². The molecule has 2 aromatic rings. The number of hydrogen-bond acceptors (Lipinski definition) is 5. The molecule has 0 unspecified atom stereocenters. The van der Waals surface area contributed by atoms with Crippen LogP contribution in [0.4, 0.5) is 0 Å². The van der Waals surface area contributed by atoms with Crippen molar-refractivity contribution in [1.29, 1.82) is 0 Å². The fraction of sp³-hybridized carbons (Fsp3) is 0.450. The monoisotopic (exact) mass is 372 g/mol. The first-order valence-electron chi connectivity index (χ1n) is 9.31. The summed E-state index contributed by atoms with van der Waals surface area (Å²) in [6, 6.07) is 6.69. The molecule has 0 bridgehead atoms. The van der Waals surface area contributed by atoms with Crippen molar-refractivity contribution in [2.45, 2.75) is 32.6 Å². The third-order valence-electron chi connectivity index (χ3n) is 4.59. The SMILES string of the molecule is CCCc1cc(=O)oc2cc(OCC(=O)NCC(=O)N3CCCC3)ccc12. The first-order valence-corrected chi connectivity index (χ1v) is 9.31. The number of fused-ring (bicyclic) bond motifs is 1. The molecule has 1 aromatic heterocycles. The van der Waals surface area contributed by atoms with Crippen LogP contribution in [0.25, 0.3) is 11.0 Å². The molecule has 0 radical (unpaired) electrons. The summed E-state index contributed by atoms with van der Waals surface area (Å²) < 4.78 is 10.7. The number of hydrogen-bond donors (Lipinski definition) is 1. The van der Waals surface area contributed by atoms with E-state index in [0.29, 0.717) is 11.3 Å². The maximum Gasteiger partial charge on any atom is 0.336 e. The molecule has 0 spiro atoms. The number of carbonyl (C=O) groups is 2. The Bertz CT molecular complexity index is 884. The van der Waals surface area contributed by atoms with E-state index >= 15 is 0 Å². The van der Waals surface area contributed by atoms with Crippen LogP contribution in [0.5, 0.6) is 5.75 Å². The number of ether oxygens (including phenoxy) is 1. The Kier molecular flexibility index (Phi) is 6.11. The molecular weight excluding hydrogens is 348 g/mol. The van der Waals surface area contributed by atoms with E-state index < -0.39 is 5.63 Å². The van der Waals surface area contributed by atoms with Crippen LogP contribution in [-0.2, 0) is 16.0 Å². The Morgan fingerprint density at radius 2 is 2.00 bits per heavy atom. The highest BCUT2D eigenvalue weighted by atomic mass is 16.5. The van der Waals surface area contributed by atoms with Crippen LogP contribution >= 0.6 is 0 Å². The predicted molar refractivity (Wildman–Crippen MR) is 101 cm³/mol. The molecule has 1 aliphatic heterocycles. The topological polar surface area (TPSA) is 88.8 Å². The molecule has 27 heavy (non-hydrogen) atoms. The van der Waals surface area contributed by atoms with Crippen molar-refractivity contribution in [3.8, 4) is 5.75 Å². The number of amides is 2. The number of aryl methyl sites for hydroxylation is 1. The third kappa shape index (κ3) is 4.87. The Morgan fingerprint density at radius 3 is 2.74 bits per heavy atom. The van der Waals surface area contributed by atoms with Crippen molar-refractivity contribution in [2.24, 2.45) is 0 Å². The molecular formula is C20H24N2O5. The average Bonchev–Trinajstić information content (AvgIpc) is 3.19. The zero-order valence-electron chi connectivity index (χ0n) is 15.5. The Hall–Kier alpha value is -2.83. The zero-order valence-corrected chi connectivity index (χ0v) is 15.5. The molecule has 1 aliphatic rings.